The summed E-state index contributed by atoms with van der Waals surface area (Å²) in [6.45, 7) is 3.97. The Balaban J connectivity index is 2.85. The molecule has 0 saturated carbocycles. The number of aromatic nitrogens is 2. The van der Waals surface area contributed by atoms with Crippen LogP contribution in [0.4, 0.5) is 0 Å². The van der Waals surface area contributed by atoms with Crippen molar-refractivity contribution in [3.8, 4) is 0 Å². The number of aliphatic hydroxyl groups is 1. The van der Waals surface area contributed by atoms with E-state index in [0.29, 0.717) is 0 Å². The van der Waals surface area contributed by atoms with Crippen LogP contribution < -0.4 is 0 Å². The fourth-order valence-corrected chi connectivity index (χ4v) is 0.699. The summed E-state index contributed by atoms with van der Waals surface area (Å²) < 4.78 is 1.74. The lowest BCUT2D eigenvalue weighted by molar-refractivity contribution is 0.152. The maximum absolute atomic E-state index is 8.91. The van der Waals surface area contributed by atoms with Crippen LogP contribution in [0.25, 0.3) is 0 Å². The molecule has 1 aromatic heterocycles. The van der Waals surface area contributed by atoms with Crippen LogP contribution in [0.15, 0.2) is 18.5 Å². The van der Waals surface area contributed by atoms with Crippen molar-refractivity contribution in [2.75, 3.05) is 6.61 Å². The number of hydrogen-bond donors (Lipinski definition) is 1. The van der Waals surface area contributed by atoms with Gasteiger partial charge < -0.3 is 5.11 Å². The molecule has 3 nitrogen and oxygen atoms in total. The molecule has 0 fully saturated rings. The second-order valence-electron chi connectivity index (χ2n) is 2.92. The molecule has 0 radical (unpaired) electrons. The van der Waals surface area contributed by atoms with E-state index in [2.05, 4.69) is 5.10 Å². The molecule has 0 aromatic carbocycles. The summed E-state index contributed by atoms with van der Waals surface area (Å²) in [7, 11) is 0. The minimum absolute atomic E-state index is 0.106. The minimum atomic E-state index is -0.274. The molecule has 3 heteroatoms. The van der Waals surface area contributed by atoms with Gasteiger partial charge in [-0.05, 0) is 19.9 Å². The summed E-state index contributed by atoms with van der Waals surface area (Å²) in [4.78, 5) is 0. The Morgan fingerprint density at radius 2 is 2.30 bits per heavy atom. The predicted molar refractivity (Wildman–Crippen MR) is 38.6 cm³/mol. The smallest absolute Gasteiger partial charge is 0.0801 e. The van der Waals surface area contributed by atoms with E-state index < -0.39 is 0 Å². The summed E-state index contributed by atoms with van der Waals surface area (Å²) >= 11 is 0. The molecular weight excluding hydrogens is 128 g/mol. The lowest BCUT2D eigenvalue weighted by atomic mass is 10.1. The third-order valence-corrected chi connectivity index (χ3v) is 1.51. The molecule has 1 N–H and O–H groups in total. The first-order chi connectivity index (χ1) is 4.67. The Labute approximate surface area is 60.3 Å². The average molecular weight is 140 g/mol. The van der Waals surface area contributed by atoms with Gasteiger partial charge in [-0.2, -0.15) is 5.10 Å². The van der Waals surface area contributed by atoms with E-state index >= 15 is 0 Å². The molecule has 0 bridgehead atoms. The van der Waals surface area contributed by atoms with E-state index in [-0.39, 0.29) is 12.1 Å². The molecule has 0 atom stereocenters. The zero-order valence-corrected chi connectivity index (χ0v) is 6.28. The number of nitrogens with zero attached hydrogens (tertiary/aromatic N) is 2. The van der Waals surface area contributed by atoms with E-state index in [1.165, 1.54) is 0 Å². The van der Waals surface area contributed by atoms with Crippen LogP contribution in [-0.2, 0) is 5.54 Å². The van der Waals surface area contributed by atoms with Gasteiger partial charge in [-0.1, -0.05) is 0 Å². The third kappa shape index (κ3) is 1.19. The van der Waals surface area contributed by atoms with Gasteiger partial charge in [0.15, 0.2) is 0 Å². The quantitative estimate of drug-likeness (QED) is 0.653. The minimum Gasteiger partial charge on any atom is -0.394 e. The predicted octanol–water partition coefficient (Wildman–Crippen LogP) is 0.611. The fourth-order valence-electron chi connectivity index (χ4n) is 0.699. The van der Waals surface area contributed by atoms with Crippen molar-refractivity contribution in [1.29, 1.82) is 0 Å². The van der Waals surface area contributed by atoms with Crippen molar-refractivity contribution in [3.05, 3.63) is 18.5 Å². The monoisotopic (exact) mass is 140 g/mol. The molecule has 0 amide bonds. The van der Waals surface area contributed by atoms with E-state index in [1.807, 2.05) is 26.1 Å². The molecule has 1 aromatic rings. The number of hydrogen-bond acceptors (Lipinski definition) is 2. The van der Waals surface area contributed by atoms with Crippen LogP contribution in [-0.4, -0.2) is 21.5 Å². The Hall–Kier alpha value is -0.830. The van der Waals surface area contributed by atoms with Gasteiger partial charge in [-0.3, -0.25) is 4.68 Å². The second kappa shape index (κ2) is 2.42. The highest BCUT2D eigenvalue weighted by molar-refractivity contribution is 4.85. The lowest BCUT2D eigenvalue weighted by Crippen LogP contribution is -2.30. The van der Waals surface area contributed by atoms with Gasteiger partial charge in [-0.15, -0.1) is 0 Å². The standard InChI is InChI=1S/C7H12N2O/c1-7(2,6-10)9-5-3-4-8-9/h3-5,10H,6H2,1-2H3. The van der Waals surface area contributed by atoms with Gasteiger partial charge in [0.25, 0.3) is 0 Å². The van der Waals surface area contributed by atoms with Gasteiger partial charge in [-0.25, -0.2) is 0 Å². The summed E-state index contributed by atoms with van der Waals surface area (Å²) in [6, 6.07) is 1.84. The van der Waals surface area contributed by atoms with Crippen LogP contribution in [0.2, 0.25) is 0 Å². The molecule has 0 spiro atoms. The zero-order chi connectivity index (χ0) is 7.61. The average Bonchev–Trinajstić information content (AvgIpc) is 2.38. The van der Waals surface area contributed by atoms with Crippen molar-refractivity contribution in [1.82, 2.24) is 9.78 Å². The highest BCUT2D eigenvalue weighted by atomic mass is 16.3. The van der Waals surface area contributed by atoms with E-state index in [9.17, 15) is 0 Å². The summed E-state index contributed by atoms with van der Waals surface area (Å²) in [5, 5.41) is 12.9. The number of aliphatic hydroxyl groups excluding tert-OH is 1. The van der Waals surface area contributed by atoms with Crippen molar-refractivity contribution < 1.29 is 5.11 Å². The summed E-state index contributed by atoms with van der Waals surface area (Å²) in [6.07, 6.45) is 3.55. The maximum atomic E-state index is 8.91. The van der Waals surface area contributed by atoms with Gasteiger partial charge in [0, 0.05) is 12.4 Å². The molecular formula is C7H12N2O. The second-order valence-corrected chi connectivity index (χ2v) is 2.92. The van der Waals surface area contributed by atoms with Gasteiger partial charge in [0.1, 0.15) is 0 Å². The molecule has 0 aliphatic heterocycles. The molecule has 0 saturated heterocycles. The Morgan fingerprint density at radius 1 is 1.60 bits per heavy atom. The largest absolute Gasteiger partial charge is 0.394 e. The first-order valence-electron chi connectivity index (χ1n) is 3.28. The Morgan fingerprint density at radius 3 is 2.70 bits per heavy atom. The molecule has 0 unspecified atom stereocenters. The lowest BCUT2D eigenvalue weighted by Gasteiger charge is -2.21. The Bertz CT molecular complexity index is 191. The van der Waals surface area contributed by atoms with E-state index in [1.54, 1.807) is 10.9 Å². The molecule has 0 aliphatic rings. The van der Waals surface area contributed by atoms with E-state index in [4.69, 9.17) is 5.11 Å². The molecule has 56 valence electrons. The zero-order valence-electron chi connectivity index (χ0n) is 6.28. The summed E-state index contributed by atoms with van der Waals surface area (Å²) in [5.41, 5.74) is -0.274. The highest BCUT2D eigenvalue weighted by Crippen LogP contribution is 2.10. The van der Waals surface area contributed by atoms with Crippen LogP contribution >= 0.6 is 0 Å². The van der Waals surface area contributed by atoms with Crippen LogP contribution in [0, 0.1) is 0 Å². The van der Waals surface area contributed by atoms with Crippen LogP contribution in [0.1, 0.15) is 13.8 Å². The van der Waals surface area contributed by atoms with Crippen molar-refractivity contribution >= 4 is 0 Å². The number of rotatable bonds is 2. The van der Waals surface area contributed by atoms with Crippen molar-refractivity contribution in [2.24, 2.45) is 0 Å². The highest BCUT2D eigenvalue weighted by Gasteiger charge is 2.17. The summed E-state index contributed by atoms with van der Waals surface area (Å²) in [5.74, 6) is 0. The molecule has 1 rings (SSSR count). The molecule has 1 heterocycles. The Kier molecular flexibility index (Phi) is 1.76. The maximum Gasteiger partial charge on any atom is 0.0801 e. The van der Waals surface area contributed by atoms with Crippen molar-refractivity contribution in [3.63, 3.8) is 0 Å². The van der Waals surface area contributed by atoms with Gasteiger partial charge in [0.05, 0.1) is 12.1 Å². The van der Waals surface area contributed by atoms with E-state index in [0.717, 1.165) is 0 Å². The van der Waals surface area contributed by atoms with Gasteiger partial charge in [0.2, 0.25) is 0 Å². The molecule has 0 aliphatic carbocycles. The third-order valence-electron chi connectivity index (χ3n) is 1.51. The van der Waals surface area contributed by atoms with Crippen LogP contribution in [0.5, 0.6) is 0 Å². The van der Waals surface area contributed by atoms with Crippen LogP contribution in [0.3, 0.4) is 0 Å². The first-order valence-corrected chi connectivity index (χ1v) is 3.28. The van der Waals surface area contributed by atoms with Crippen molar-refractivity contribution in [2.45, 2.75) is 19.4 Å². The first kappa shape index (κ1) is 7.28. The fraction of sp³-hybridized carbons (Fsp3) is 0.571. The SMILES string of the molecule is CC(C)(CO)n1cccn1. The molecule has 10 heavy (non-hydrogen) atoms. The normalized spacial score (nSPS) is 11.9. The van der Waals surface area contributed by atoms with Gasteiger partial charge >= 0.3 is 0 Å². The topological polar surface area (TPSA) is 38.0 Å².